The van der Waals surface area contributed by atoms with E-state index in [0.717, 1.165) is 28.0 Å². The first-order valence-electron chi connectivity index (χ1n) is 15.1. The zero-order valence-corrected chi connectivity index (χ0v) is 25.1. The summed E-state index contributed by atoms with van der Waals surface area (Å²) in [6.07, 6.45) is 0. The van der Waals surface area contributed by atoms with Crippen LogP contribution >= 0.6 is 0 Å². The quantitative estimate of drug-likeness (QED) is 0.212. The first kappa shape index (κ1) is 26.2. The summed E-state index contributed by atoms with van der Waals surface area (Å²) in [7, 11) is 0. The molecule has 8 rings (SSSR count). The Kier molecular flexibility index (Phi) is 5.98. The Bertz CT molecular complexity index is 2230. The average molecular weight is 569 g/mol. The van der Waals surface area contributed by atoms with Gasteiger partial charge in [-0.2, -0.15) is 4.80 Å². The summed E-state index contributed by atoms with van der Waals surface area (Å²) < 4.78 is 2.31. The van der Waals surface area contributed by atoms with Crippen molar-refractivity contribution in [1.29, 1.82) is 0 Å². The van der Waals surface area contributed by atoms with Crippen LogP contribution in [0, 0.1) is 0 Å². The highest BCUT2D eigenvalue weighted by Crippen LogP contribution is 2.33. The molecule has 0 aliphatic rings. The Hall–Kier alpha value is -5.48. The molecule has 44 heavy (non-hydrogen) atoms. The molecule has 212 valence electrons. The number of aromatic nitrogens is 4. The summed E-state index contributed by atoms with van der Waals surface area (Å²) in [4.78, 5) is 1.73. The van der Waals surface area contributed by atoms with Crippen LogP contribution in [-0.4, -0.2) is 19.6 Å². The molecule has 0 unspecified atom stereocenters. The molecule has 0 spiro atoms. The minimum Gasteiger partial charge on any atom is -0.309 e. The summed E-state index contributed by atoms with van der Waals surface area (Å²) in [5.41, 5.74) is 12.4. The molecule has 0 aliphatic heterocycles. The zero-order chi connectivity index (χ0) is 29.8. The fourth-order valence-electron chi connectivity index (χ4n) is 6.16. The van der Waals surface area contributed by atoms with Crippen LogP contribution in [0.5, 0.6) is 0 Å². The molecule has 0 fully saturated rings. The summed E-state index contributed by atoms with van der Waals surface area (Å²) in [5, 5.41) is 12.2. The lowest BCUT2D eigenvalue weighted by atomic mass is 9.86. The maximum atomic E-state index is 4.87. The van der Waals surface area contributed by atoms with Crippen LogP contribution in [0.25, 0.3) is 66.5 Å². The highest BCUT2D eigenvalue weighted by atomic mass is 15.5. The maximum Gasteiger partial charge on any atom is 0.115 e. The van der Waals surface area contributed by atoms with Gasteiger partial charge in [0.2, 0.25) is 0 Å². The summed E-state index contributed by atoms with van der Waals surface area (Å²) in [5.74, 6) is 0. The molecule has 0 radical (unpaired) electrons. The second-order valence-electron chi connectivity index (χ2n) is 12.5. The molecule has 0 amide bonds. The van der Waals surface area contributed by atoms with Gasteiger partial charge in [0.15, 0.2) is 0 Å². The Balaban J connectivity index is 1.07. The molecule has 0 bridgehead atoms. The van der Waals surface area contributed by atoms with E-state index < -0.39 is 0 Å². The number of hydrogen-bond donors (Lipinski definition) is 0. The van der Waals surface area contributed by atoms with Gasteiger partial charge in [-0.05, 0) is 75.7 Å². The van der Waals surface area contributed by atoms with Gasteiger partial charge >= 0.3 is 0 Å². The third-order valence-electron chi connectivity index (χ3n) is 8.60. The molecule has 0 saturated carbocycles. The second-order valence-corrected chi connectivity index (χ2v) is 12.5. The van der Waals surface area contributed by atoms with Gasteiger partial charge in [-0.1, -0.05) is 118 Å². The predicted octanol–water partition coefficient (Wildman–Crippen LogP) is 10.1. The number of nitrogens with zero attached hydrogens (tertiary/aromatic N) is 4. The second kappa shape index (κ2) is 10.1. The van der Waals surface area contributed by atoms with E-state index in [9.17, 15) is 0 Å². The van der Waals surface area contributed by atoms with Crippen molar-refractivity contribution in [3.8, 4) is 33.6 Å². The highest BCUT2D eigenvalue weighted by molar-refractivity contribution is 6.09. The molecular formula is C40H32N4. The first-order valence-corrected chi connectivity index (χ1v) is 15.1. The summed E-state index contributed by atoms with van der Waals surface area (Å²) in [6, 6.07) is 49.6. The summed E-state index contributed by atoms with van der Waals surface area (Å²) >= 11 is 0. The van der Waals surface area contributed by atoms with Crippen LogP contribution in [0.2, 0.25) is 0 Å². The molecule has 2 aromatic heterocycles. The standard InChI is InChI=1S/C40H32N4/c1-40(2,3)31-20-16-29(17-21-31)27-12-14-28(15-13-27)30-18-22-32(23-19-30)44-41-36-25-24-33(26-37(36)42-44)43-38-10-6-4-8-34(38)35-9-5-7-11-39(35)43/h4-26H,1-3H3. The Labute approximate surface area is 256 Å². The number of fused-ring (bicyclic) bond motifs is 4. The number of benzene rings is 6. The third kappa shape index (κ3) is 4.47. The monoisotopic (exact) mass is 568 g/mol. The Morgan fingerprint density at radius 2 is 0.909 bits per heavy atom. The van der Waals surface area contributed by atoms with Crippen molar-refractivity contribution in [2.75, 3.05) is 0 Å². The Morgan fingerprint density at radius 3 is 1.45 bits per heavy atom. The van der Waals surface area contributed by atoms with E-state index in [1.165, 1.54) is 44.1 Å². The predicted molar refractivity (Wildman–Crippen MR) is 183 cm³/mol. The largest absolute Gasteiger partial charge is 0.309 e. The van der Waals surface area contributed by atoms with Crippen molar-refractivity contribution in [2.24, 2.45) is 0 Å². The maximum absolute atomic E-state index is 4.87. The molecule has 4 heteroatoms. The normalized spacial score (nSPS) is 12.0. The highest BCUT2D eigenvalue weighted by Gasteiger charge is 2.15. The molecule has 2 heterocycles. The van der Waals surface area contributed by atoms with Crippen molar-refractivity contribution < 1.29 is 0 Å². The number of para-hydroxylation sites is 2. The van der Waals surface area contributed by atoms with E-state index >= 15 is 0 Å². The van der Waals surface area contributed by atoms with Crippen LogP contribution in [0.3, 0.4) is 0 Å². The fourth-order valence-corrected chi connectivity index (χ4v) is 6.16. The van der Waals surface area contributed by atoms with E-state index in [2.05, 4.69) is 165 Å². The van der Waals surface area contributed by atoms with E-state index in [0.29, 0.717) is 0 Å². The van der Waals surface area contributed by atoms with Crippen LogP contribution in [-0.2, 0) is 5.41 Å². The smallest absolute Gasteiger partial charge is 0.115 e. The summed E-state index contributed by atoms with van der Waals surface area (Å²) in [6.45, 7) is 6.74. The number of rotatable bonds is 4. The molecule has 6 aromatic carbocycles. The van der Waals surface area contributed by atoms with E-state index in [4.69, 9.17) is 10.2 Å². The molecule has 0 saturated heterocycles. The molecule has 0 atom stereocenters. The van der Waals surface area contributed by atoms with Gasteiger partial charge in [0.05, 0.1) is 16.7 Å². The molecule has 4 nitrogen and oxygen atoms in total. The van der Waals surface area contributed by atoms with Crippen LogP contribution in [0.4, 0.5) is 0 Å². The number of hydrogen-bond acceptors (Lipinski definition) is 2. The molecule has 8 aromatic rings. The zero-order valence-electron chi connectivity index (χ0n) is 25.1. The van der Waals surface area contributed by atoms with Gasteiger partial charge in [-0.25, -0.2) is 0 Å². The van der Waals surface area contributed by atoms with E-state index in [1.807, 2.05) is 0 Å². The third-order valence-corrected chi connectivity index (χ3v) is 8.60. The minimum atomic E-state index is 0.156. The van der Waals surface area contributed by atoms with Gasteiger partial charge in [-0.15, -0.1) is 10.2 Å². The van der Waals surface area contributed by atoms with E-state index in [1.54, 1.807) is 4.80 Å². The molecule has 0 aliphatic carbocycles. The van der Waals surface area contributed by atoms with E-state index in [-0.39, 0.29) is 5.41 Å². The van der Waals surface area contributed by atoms with Gasteiger partial charge in [0.1, 0.15) is 11.0 Å². The molecule has 0 N–H and O–H groups in total. The molecular weight excluding hydrogens is 536 g/mol. The van der Waals surface area contributed by atoms with Gasteiger partial charge in [0.25, 0.3) is 0 Å². The SMILES string of the molecule is CC(C)(C)c1ccc(-c2ccc(-c3ccc(-n4nc5ccc(-n6c7ccccc7c7ccccc76)cc5n4)cc3)cc2)cc1. The average Bonchev–Trinajstić information content (AvgIpc) is 3.64. The minimum absolute atomic E-state index is 0.156. The van der Waals surface area contributed by atoms with Crippen molar-refractivity contribution in [3.05, 3.63) is 145 Å². The lowest BCUT2D eigenvalue weighted by molar-refractivity contribution is 0.590. The van der Waals surface area contributed by atoms with Crippen molar-refractivity contribution in [3.63, 3.8) is 0 Å². The fraction of sp³-hybridized carbons (Fsp3) is 0.100. The van der Waals surface area contributed by atoms with Crippen LogP contribution in [0.1, 0.15) is 26.3 Å². The lowest BCUT2D eigenvalue weighted by Crippen LogP contribution is -2.10. The van der Waals surface area contributed by atoms with Crippen molar-refractivity contribution in [2.45, 2.75) is 26.2 Å². The van der Waals surface area contributed by atoms with Crippen molar-refractivity contribution >= 4 is 32.8 Å². The first-order chi connectivity index (χ1) is 21.4. The van der Waals surface area contributed by atoms with Gasteiger partial charge in [0, 0.05) is 16.5 Å². The van der Waals surface area contributed by atoms with Crippen LogP contribution < -0.4 is 0 Å². The van der Waals surface area contributed by atoms with Crippen molar-refractivity contribution in [1.82, 2.24) is 19.6 Å². The Morgan fingerprint density at radius 1 is 0.455 bits per heavy atom. The lowest BCUT2D eigenvalue weighted by Gasteiger charge is -2.19. The van der Waals surface area contributed by atoms with Gasteiger partial charge in [-0.3, -0.25) is 0 Å². The topological polar surface area (TPSA) is 35.6 Å². The van der Waals surface area contributed by atoms with Crippen LogP contribution in [0.15, 0.2) is 140 Å². The van der Waals surface area contributed by atoms with Gasteiger partial charge < -0.3 is 4.57 Å².